The van der Waals surface area contributed by atoms with Gasteiger partial charge in [-0.25, -0.2) is 4.98 Å². The van der Waals surface area contributed by atoms with Crippen molar-refractivity contribution in [3.63, 3.8) is 0 Å². The third-order valence-corrected chi connectivity index (χ3v) is 6.12. The van der Waals surface area contributed by atoms with Gasteiger partial charge in [0.25, 0.3) is 5.91 Å². The molecular formula is C26H22N6O. The maximum absolute atomic E-state index is 12.9. The van der Waals surface area contributed by atoms with E-state index in [-0.39, 0.29) is 5.91 Å². The molecule has 1 aliphatic carbocycles. The molecule has 1 amide bonds. The van der Waals surface area contributed by atoms with E-state index < -0.39 is 5.41 Å². The zero-order valence-corrected chi connectivity index (χ0v) is 18.4. The quantitative estimate of drug-likeness (QED) is 0.465. The van der Waals surface area contributed by atoms with E-state index in [4.69, 9.17) is 0 Å². The molecule has 0 aliphatic heterocycles. The van der Waals surface area contributed by atoms with Gasteiger partial charge in [0.2, 0.25) is 0 Å². The molecule has 7 heteroatoms. The fourth-order valence-electron chi connectivity index (χ4n) is 3.95. The molecule has 162 valence electrons. The molecule has 33 heavy (non-hydrogen) atoms. The van der Waals surface area contributed by atoms with Gasteiger partial charge in [-0.2, -0.15) is 5.26 Å². The van der Waals surface area contributed by atoms with E-state index in [0.717, 1.165) is 51.9 Å². The highest BCUT2D eigenvalue weighted by molar-refractivity contribution is 6.04. The Labute approximate surface area is 191 Å². The summed E-state index contributed by atoms with van der Waals surface area (Å²) in [4.78, 5) is 26.3. The Kier molecular flexibility index (Phi) is 4.98. The average Bonchev–Trinajstić information content (AvgIpc) is 3.66. The number of nitrogens with one attached hydrogen (secondary N) is 2. The topological polar surface area (TPSA) is 104 Å². The monoisotopic (exact) mass is 434 g/mol. The number of fused-ring (bicyclic) bond motifs is 1. The Balaban J connectivity index is 1.42. The zero-order valence-electron chi connectivity index (χ0n) is 18.4. The first-order valence-electron chi connectivity index (χ1n) is 10.7. The number of rotatable bonds is 5. The van der Waals surface area contributed by atoms with Crippen molar-refractivity contribution in [3.8, 4) is 17.2 Å². The molecule has 7 nitrogen and oxygen atoms in total. The molecule has 0 radical (unpaired) electrons. The molecule has 0 atom stereocenters. The highest BCUT2D eigenvalue weighted by Crippen LogP contribution is 2.47. The molecule has 0 bridgehead atoms. The lowest BCUT2D eigenvalue weighted by molar-refractivity contribution is 0.102. The first-order valence-corrected chi connectivity index (χ1v) is 10.7. The van der Waals surface area contributed by atoms with Crippen molar-refractivity contribution in [1.82, 2.24) is 15.0 Å². The number of pyridine rings is 3. The van der Waals surface area contributed by atoms with Gasteiger partial charge in [-0.3, -0.25) is 14.8 Å². The summed E-state index contributed by atoms with van der Waals surface area (Å²) in [6.07, 6.45) is 6.91. The van der Waals surface area contributed by atoms with Crippen LogP contribution in [0.3, 0.4) is 0 Å². The van der Waals surface area contributed by atoms with Crippen LogP contribution in [-0.2, 0) is 5.41 Å². The second-order valence-electron chi connectivity index (χ2n) is 8.32. The van der Waals surface area contributed by atoms with Crippen molar-refractivity contribution in [3.05, 3.63) is 77.9 Å². The smallest absolute Gasteiger partial charge is 0.255 e. The molecular weight excluding hydrogens is 412 g/mol. The number of hydrogen-bond donors (Lipinski definition) is 2. The number of nitriles is 1. The normalized spacial score (nSPS) is 13.8. The first kappa shape index (κ1) is 20.6. The second kappa shape index (κ2) is 7.99. The Morgan fingerprint density at radius 1 is 1.06 bits per heavy atom. The molecule has 3 heterocycles. The van der Waals surface area contributed by atoms with Crippen LogP contribution in [0.15, 0.2) is 61.1 Å². The molecule has 3 aromatic heterocycles. The van der Waals surface area contributed by atoms with E-state index in [0.29, 0.717) is 11.3 Å². The minimum absolute atomic E-state index is 0.234. The van der Waals surface area contributed by atoms with Crippen LogP contribution in [0.1, 0.15) is 34.5 Å². The molecule has 0 spiro atoms. The van der Waals surface area contributed by atoms with E-state index in [1.54, 1.807) is 24.7 Å². The van der Waals surface area contributed by atoms with Crippen LogP contribution in [0, 0.1) is 18.3 Å². The highest BCUT2D eigenvalue weighted by atomic mass is 16.1. The van der Waals surface area contributed by atoms with Crippen molar-refractivity contribution in [2.24, 2.45) is 0 Å². The van der Waals surface area contributed by atoms with Gasteiger partial charge in [-0.05, 0) is 49.6 Å². The number of carbonyl (C=O) groups excluding carboxylic acids is 1. The fourth-order valence-corrected chi connectivity index (χ4v) is 3.95. The van der Waals surface area contributed by atoms with E-state index in [1.807, 2.05) is 50.4 Å². The van der Waals surface area contributed by atoms with Gasteiger partial charge in [0.1, 0.15) is 5.82 Å². The molecule has 0 unspecified atom stereocenters. The maximum atomic E-state index is 12.9. The summed E-state index contributed by atoms with van der Waals surface area (Å²) < 4.78 is 0. The van der Waals surface area contributed by atoms with E-state index in [2.05, 4.69) is 31.7 Å². The van der Waals surface area contributed by atoms with Gasteiger partial charge in [0.15, 0.2) is 0 Å². The summed E-state index contributed by atoms with van der Waals surface area (Å²) in [5.41, 5.74) is 5.05. The van der Waals surface area contributed by atoms with Crippen LogP contribution in [0.2, 0.25) is 0 Å². The number of benzene rings is 1. The van der Waals surface area contributed by atoms with E-state index >= 15 is 0 Å². The summed E-state index contributed by atoms with van der Waals surface area (Å²) in [5.74, 6) is 0.527. The number of anilines is 2. The first-order chi connectivity index (χ1) is 16.0. The van der Waals surface area contributed by atoms with Gasteiger partial charge < -0.3 is 10.6 Å². The zero-order chi connectivity index (χ0) is 23.0. The number of aryl methyl sites for hydroxylation is 1. The summed E-state index contributed by atoms with van der Waals surface area (Å²) in [6.45, 7) is 1.92. The third kappa shape index (κ3) is 3.87. The summed E-state index contributed by atoms with van der Waals surface area (Å²) in [5, 5.41) is 16.3. The van der Waals surface area contributed by atoms with Gasteiger partial charge in [0, 0.05) is 53.3 Å². The van der Waals surface area contributed by atoms with Gasteiger partial charge in [0.05, 0.1) is 28.9 Å². The van der Waals surface area contributed by atoms with Crippen molar-refractivity contribution >= 4 is 28.3 Å². The number of nitrogens with zero attached hydrogens (tertiary/aromatic N) is 4. The molecule has 5 rings (SSSR count). The SMILES string of the molecule is CNc1cc2ncc(-c3cc(NC(=O)c4cccc(C5(C#N)CC5)c4)cnc3C)cc2cn1. The van der Waals surface area contributed by atoms with Gasteiger partial charge >= 0.3 is 0 Å². The fraction of sp³-hybridized carbons (Fsp3) is 0.192. The Morgan fingerprint density at radius 2 is 1.91 bits per heavy atom. The Morgan fingerprint density at radius 3 is 2.67 bits per heavy atom. The third-order valence-electron chi connectivity index (χ3n) is 6.12. The highest BCUT2D eigenvalue weighted by Gasteiger charge is 2.45. The predicted molar refractivity (Wildman–Crippen MR) is 128 cm³/mol. The standard InChI is InChI=1S/C26H22N6O/c1-16-22(18-8-19-13-31-24(28-2)11-23(19)30-12-18)10-21(14-29-16)32-25(33)17-4-3-5-20(9-17)26(15-27)6-7-26/h3-5,8-14H,6-7H2,1-2H3,(H,28,31)(H,32,33). The van der Waals surface area contributed by atoms with Crippen LogP contribution in [0.5, 0.6) is 0 Å². The predicted octanol–water partition coefficient (Wildman–Crippen LogP) is 4.85. The number of carbonyl (C=O) groups is 1. The lowest BCUT2D eigenvalue weighted by Gasteiger charge is -2.12. The number of hydrogen-bond acceptors (Lipinski definition) is 6. The van der Waals surface area contributed by atoms with Crippen LogP contribution in [-0.4, -0.2) is 27.9 Å². The maximum Gasteiger partial charge on any atom is 0.255 e. The molecule has 1 aliphatic rings. The van der Waals surface area contributed by atoms with Crippen molar-refractivity contribution < 1.29 is 4.79 Å². The van der Waals surface area contributed by atoms with Crippen molar-refractivity contribution in [1.29, 1.82) is 5.26 Å². The minimum atomic E-state index is -0.430. The Bertz CT molecular complexity index is 1430. The lowest BCUT2D eigenvalue weighted by atomic mass is 9.96. The molecule has 2 N–H and O–H groups in total. The van der Waals surface area contributed by atoms with Gasteiger partial charge in [-0.1, -0.05) is 12.1 Å². The molecule has 4 aromatic rings. The van der Waals surface area contributed by atoms with Crippen LogP contribution in [0.25, 0.3) is 22.0 Å². The van der Waals surface area contributed by atoms with Crippen LogP contribution in [0.4, 0.5) is 11.5 Å². The second-order valence-corrected chi connectivity index (χ2v) is 8.32. The van der Waals surface area contributed by atoms with E-state index in [1.165, 1.54) is 0 Å². The van der Waals surface area contributed by atoms with Crippen molar-refractivity contribution in [2.75, 3.05) is 17.7 Å². The summed E-state index contributed by atoms with van der Waals surface area (Å²) in [6, 6.07) is 15.5. The van der Waals surface area contributed by atoms with Crippen LogP contribution < -0.4 is 10.6 Å². The number of aromatic nitrogens is 3. The van der Waals surface area contributed by atoms with Gasteiger partial charge in [-0.15, -0.1) is 0 Å². The lowest BCUT2D eigenvalue weighted by Crippen LogP contribution is -2.14. The number of amides is 1. The largest absolute Gasteiger partial charge is 0.373 e. The summed E-state index contributed by atoms with van der Waals surface area (Å²) in [7, 11) is 1.82. The van der Waals surface area contributed by atoms with Crippen LogP contribution >= 0.6 is 0 Å². The summed E-state index contributed by atoms with van der Waals surface area (Å²) >= 11 is 0. The average molecular weight is 435 g/mol. The molecule has 1 aromatic carbocycles. The molecule has 1 fully saturated rings. The minimum Gasteiger partial charge on any atom is -0.373 e. The molecule has 1 saturated carbocycles. The van der Waals surface area contributed by atoms with Crippen molar-refractivity contribution in [2.45, 2.75) is 25.2 Å². The van der Waals surface area contributed by atoms with E-state index in [9.17, 15) is 10.1 Å². The molecule has 0 saturated heterocycles. The Hall–Kier alpha value is -4.31.